The summed E-state index contributed by atoms with van der Waals surface area (Å²) in [5.41, 5.74) is 0.970. The predicted octanol–water partition coefficient (Wildman–Crippen LogP) is 2.18. The highest BCUT2D eigenvalue weighted by molar-refractivity contribution is 9.10. The summed E-state index contributed by atoms with van der Waals surface area (Å²) >= 11 is 4.62. The van der Waals surface area contributed by atoms with E-state index in [-0.39, 0.29) is 0 Å². The molecule has 0 unspecified atom stereocenters. The van der Waals surface area contributed by atoms with Crippen LogP contribution in [0.25, 0.3) is 0 Å². The number of thiophene rings is 1. The molecule has 1 aliphatic heterocycles. The SMILES string of the molecule is O=C(O)c1sc2c(c1Br)NCC2. The van der Waals surface area contributed by atoms with E-state index < -0.39 is 5.97 Å². The number of hydrogen-bond acceptors (Lipinski definition) is 3. The van der Waals surface area contributed by atoms with Crippen molar-refractivity contribution in [2.75, 3.05) is 11.9 Å². The Labute approximate surface area is 81.5 Å². The molecule has 1 aromatic heterocycles. The van der Waals surface area contributed by atoms with Crippen LogP contribution in [-0.4, -0.2) is 17.6 Å². The van der Waals surface area contributed by atoms with Gasteiger partial charge in [0.2, 0.25) is 0 Å². The molecule has 0 saturated carbocycles. The summed E-state index contributed by atoms with van der Waals surface area (Å²) in [5.74, 6) is -0.858. The van der Waals surface area contributed by atoms with Crippen LogP contribution in [0.3, 0.4) is 0 Å². The van der Waals surface area contributed by atoms with Gasteiger partial charge < -0.3 is 10.4 Å². The van der Waals surface area contributed by atoms with E-state index in [1.165, 1.54) is 11.3 Å². The van der Waals surface area contributed by atoms with Crippen molar-refractivity contribution >= 4 is 38.9 Å². The molecule has 0 atom stereocenters. The lowest BCUT2D eigenvalue weighted by atomic mass is 10.3. The van der Waals surface area contributed by atoms with Crippen molar-refractivity contribution in [3.63, 3.8) is 0 Å². The quantitative estimate of drug-likeness (QED) is 0.800. The van der Waals surface area contributed by atoms with E-state index in [0.29, 0.717) is 9.35 Å². The van der Waals surface area contributed by atoms with Crippen LogP contribution in [0, 0.1) is 0 Å². The summed E-state index contributed by atoms with van der Waals surface area (Å²) in [6.45, 7) is 0.916. The number of nitrogens with one attached hydrogen (secondary N) is 1. The fourth-order valence-corrected chi connectivity index (χ4v) is 3.17. The smallest absolute Gasteiger partial charge is 0.347 e. The molecule has 1 aliphatic rings. The van der Waals surface area contributed by atoms with Crippen molar-refractivity contribution in [2.45, 2.75) is 6.42 Å². The van der Waals surface area contributed by atoms with Gasteiger partial charge in [-0.05, 0) is 15.9 Å². The minimum Gasteiger partial charge on any atom is -0.477 e. The lowest BCUT2D eigenvalue weighted by Gasteiger charge is -1.94. The summed E-state index contributed by atoms with van der Waals surface area (Å²) in [4.78, 5) is 12.2. The summed E-state index contributed by atoms with van der Waals surface area (Å²) in [5, 5.41) is 11.9. The minimum atomic E-state index is -0.858. The van der Waals surface area contributed by atoms with Gasteiger partial charge in [-0.3, -0.25) is 0 Å². The lowest BCUT2D eigenvalue weighted by molar-refractivity contribution is 0.0701. The summed E-state index contributed by atoms with van der Waals surface area (Å²) < 4.78 is 0.701. The third-order valence-electron chi connectivity index (χ3n) is 1.77. The molecule has 3 nitrogen and oxygen atoms in total. The van der Waals surface area contributed by atoms with E-state index in [1.54, 1.807) is 0 Å². The molecular formula is C7H6BrNO2S. The van der Waals surface area contributed by atoms with Crippen LogP contribution in [0.4, 0.5) is 5.69 Å². The van der Waals surface area contributed by atoms with Crippen LogP contribution in [0.2, 0.25) is 0 Å². The summed E-state index contributed by atoms with van der Waals surface area (Å²) in [7, 11) is 0. The third kappa shape index (κ3) is 1.04. The zero-order valence-corrected chi connectivity index (χ0v) is 8.46. The van der Waals surface area contributed by atoms with Gasteiger partial charge in [-0.25, -0.2) is 4.79 Å². The second-order valence-corrected chi connectivity index (χ2v) is 4.42. The Morgan fingerprint density at radius 3 is 3.00 bits per heavy atom. The number of fused-ring (bicyclic) bond motifs is 1. The number of hydrogen-bond donors (Lipinski definition) is 2. The normalized spacial score (nSPS) is 14.1. The second kappa shape index (κ2) is 2.74. The minimum absolute atomic E-state index is 0.396. The zero-order valence-electron chi connectivity index (χ0n) is 6.06. The predicted molar refractivity (Wildman–Crippen MR) is 51.2 cm³/mol. The molecule has 0 aromatic carbocycles. The van der Waals surface area contributed by atoms with Crippen molar-refractivity contribution in [2.24, 2.45) is 0 Å². The molecule has 2 heterocycles. The van der Waals surface area contributed by atoms with E-state index in [2.05, 4.69) is 21.2 Å². The first-order valence-electron chi connectivity index (χ1n) is 3.48. The number of carboxylic acid groups (broad SMARTS) is 1. The van der Waals surface area contributed by atoms with Gasteiger partial charge >= 0.3 is 5.97 Å². The maximum atomic E-state index is 10.7. The molecule has 64 valence electrons. The Kier molecular flexibility index (Phi) is 1.84. The van der Waals surface area contributed by atoms with Crippen LogP contribution < -0.4 is 5.32 Å². The van der Waals surface area contributed by atoms with Crippen LogP contribution in [0.5, 0.6) is 0 Å². The van der Waals surface area contributed by atoms with E-state index in [4.69, 9.17) is 5.11 Å². The molecule has 1 aromatic rings. The monoisotopic (exact) mass is 247 g/mol. The molecule has 2 N–H and O–H groups in total. The zero-order chi connectivity index (χ0) is 8.72. The maximum Gasteiger partial charge on any atom is 0.347 e. The van der Waals surface area contributed by atoms with Gasteiger partial charge in [0.25, 0.3) is 0 Å². The number of aromatic carboxylic acids is 1. The Balaban J connectivity index is 2.54. The second-order valence-electron chi connectivity index (χ2n) is 2.53. The lowest BCUT2D eigenvalue weighted by Crippen LogP contribution is -1.96. The largest absolute Gasteiger partial charge is 0.477 e. The molecule has 0 fully saturated rings. The summed E-state index contributed by atoms with van der Waals surface area (Å²) in [6.07, 6.45) is 0.936. The van der Waals surface area contributed by atoms with Gasteiger partial charge in [-0.15, -0.1) is 11.3 Å². The summed E-state index contributed by atoms with van der Waals surface area (Å²) in [6, 6.07) is 0. The number of carbonyl (C=O) groups is 1. The Morgan fingerprint density at radius 1 is 1.67 bits per heavy atom. The van der Waals surface area contributed by atoms with Gasteiger partial charge in [0.05, 0.1) is 10.2 Å². The van der Waals surface area contributed by atoms with E-state index in [9.17, 15) is 4.79 Å². The van der Waals surface area contributed by atoms with Gasteiger partial charge in [0.15, 0.2) is 0 Å². The number of carboxylic acids is 1. The number of halogens is 1. The van der Waals surface area contributed by atoms with Gasteiger partial charge in [-0.1, -0.05) is 0 Å². The fourth-order valence-electron chi connectivity index (χ4n) is 1.25. The highest BCUT2D eigenvalue weighted by atomic mass is 79.9. The Bertz CT molecular complexity index is 347. The van der Waals surface area contributed by atoms with Crippen molar-refractivity contribution in [1.82, 2.24) is 0 Å². The van der Waals surface area contributed by atoms with Gasteiger partial charge in [0.1, 0.15) is 4.88 Å². The first kappa shape index (κ1) is 8.07. The molecular weight excluding hydrogens is 242 g/mol. The van der Waals surface area contributed by atoms with Crippen molar-refractivity contribution in [1.29, 1.82) is 0 Å². The molecule has 0 saturated heterocycles. The van der Waals surface area contributed by atoms with E-state index in [1.807, 2.05) is 0 Å². The molecule has 0 aliphatic carbocycles. The first-order valence-corrected chi connectivity index (χ1v) is 5.09. The topological polar surface area (TPSA) is 49.3 Å². The molecule has 5 heteroatoms. The van der Waals surface area contributed by atoms with Crippen LogP contribution in [0.15, 0.2) is 4.47 Å². The van der Waals surface area contributed by atoms with Crippen LogP contribution >= 0.6 is 27.3 Å². The standard InChI is InChI=1S/C7H6BrNO2S/c8-4-5-3(1-2-9-5)12-6(4)7(10)11/h9H,1-2H2,(H,10,11). The molecule has 2 rings (SSSR count). The molecule has 12 heavy (non-hydrogen) atoms. The molecule has 0 bridgehead atoms. The number of rotatable bonds is 1. The first-order chi connectivity index (χ1) is 5.70. The molecule has 0 spiro atoms. The van der Waals surface area contributed by atoms with Gasteiger partial charge in [0, 0.05) is 17.8 Å². The average molecular weight is 248 g/mol. The average Bonchev–Trinajstić information content (AvgIpc) is 2.53. The van der Waals surface area contributed by atoms with Crippen molar-refractivity contribution < 1.29 is 9.90 Å². The highest BCUT2D eigenvalue weighted by Crippen LogP contribution is 2.40. The van der Waals surface area contributed by atoms with Crippen molar-refractivity contribution in [3.8, 4) is 0 Å². The maximum absolute atomic E-state index is 10.7. The van der Waals surface area contributed by atoms with Crippen LogP contribution in [-0.2, 0) is 6.42 Å². The molecule has 0 amide bonds. The highest BCUT2D eigenvalue weighted by Gasteiger charge is 2.23. The Morgan fingerprint density at radius 2 is 2.42 bits per heavy atom. The number of anilines is 1. The van der Waals surface area contributed by atoms with Gasteiger partial charge in [-0.2, -0.15) is 0 Å². The van der Waals surface area contributed by atoms with Crippen LogP contribution in [0.1, 0.15) is 14.5 Å². The van der Waals surface area contributed by atoms with E-state index in [0.717, 1.165) is 23.5 Å². The van der Waals surface area contributed by atoms with Crippen molar-refractivity contribution in [3.05, 3.63) is 14.2 Å². The van der Waals surface area contributed by atoms with E-state index >= 15 is 0 Å². The third-order valence-corrected chi connectivity index (χ3v) is 4.06. The Hall–Kier alpha value is -0.550. The molecule has 0 radical (unpaired) electrons. The fraction of sp³-hybridized carbons (Fsp3) is 0.286.